The Kier molecular flexibility index (Phi) is 4.70. The van der Waals surface area contributed by atoms with Gasteiger partial charge in [-0.05, 0) is 36.4 Å². The summed E-state index contributed by atoms with van der Waals surface area (Å²) < 4.78 is 15.4. The van der Waals surface area contributed by atoms with Gasteiger partial charge in [-0.3, -0.25) is 4.79 Å². The summed E-state index contributed by atoms with van der Waals surface area (Å²) in [4.78, 5) is 17.2. The Morgan fingerprint density at radius 1 is 1.23 bits per heavy atom. The molecule has 2 heterocycles. The van der Waals surface area contributed by atoms with Crippen molar-refractivity contribution in [3.05, 3.63) is 70.6 Å². The Hall–Kier alpha value is -2.31. The zero-order chi connectivity index (χ0) is 18.1. The van der Waals surface area contributed by atoms with Crippen LogP contribution in [0, 0.1) is 5.82 Å². The molecule has 1 amide bonds. The molecule has 0 bridgehead atoms. The molecule has 4 rings (SSSR count). The summed E-state index contributed by atoms with van der Waals surface area (Å²) in [6, 6.07) is 13.2. The normalized spacial score (nSPS) is 12.8. The van der Waals surface area contributed by atoms with Gasteiger partial charge in [0.15, 0.2) is 5.16 Å². The first-order chi connectivity index (χ1) is 12.6. The largest absolute Gasteiger partial charge is 0.346 e. The molecule has 4 nitrogen and oxygen atoms in total. The van der Waals surface area contributed by atoms with Crippen LogP contribution in [0.25, 0.3) is 11.3 Å². The van der Waals surface area contributed by atoms with Gasteiger partial charge in [-0.2, -0.15) is 0 Å². The van der Waals surface area contributed by atoms with E-state index in [2.05, 4.69) is 14.9 Å². The van der Waals surface area contributed by atoms with Crippen molar-refractivity contribution >= 4 is 29.3 Å². The second kappa shape index (κ2) is 7.13. The number of rotatable bonds is 4. The van der Waals surface area contributed by atoms with Gasteiger partial charge in [-0.15, -0.1) is 0 Å². The van der Waals surface area contributed by atoms with Crippen LogP contribution in [-0.4, -0.2) is 21.2 Å². The highest BCUT2D eigenvalue weighted by atomic mass is 35.5. The van der Waals surface area contributed by atoms with Gasteiger partial charge in [0.25, 0.3) is 5.91 Å². The predicted molar refractivity (Wildman–Crippen MR) is 101 cm³/mol. The molecule has 2 aromatic carbocycles. The van der Waals surface area contributed by atoms with Crippen molar-refractivity contribution in [3.63, 3.8) is 0 Å². The summed E-state index contributed by atoms with van der Waals surface area (Å²) >= 11 is 7.78. The number of hydrogen-bond donors (Lipinski definition) is 1. The number of nitrogens with one attached hydrogen (secondary N) is 1. The average molecular weight is 388 g/mol. The van der Waals surface area contributed by atoms with E-state index >= 15 is 0 Å². The van der Waals surface area contributed by atoms with Crippen LogP contribution in [0.1, 0.15) is 16.1 Å². The quantitative estimate of drug-likeness (QED) is 0.722. The third-order valence-electron chi connectivity index (χ3n) is 4.24. The van der Waals surface area contributed by atoms with Crippen LogP contribution < -0.4 is 5.32 Å². The number of halogens is 2. The first-order valence-electron chi connectivity index (χ1n) is 8.14. The summed E-state index contributed by atoms with van der Waals surface area (Å²) in [7, 11) is 0. The fourth-order valence-corrected chi connectivity index (χ4v) is 4.15. The molecule has 0 fully saturated rings. The number of hydrogen-bond acceptors (Lipinski definition) is 3. The van der Waals surface area contributed by atoms with Gasteiger partial charge < -0.3 is 9.88 Å². The van der Waals surface area contributed by atoms with E-state index < -0.39 is 0 Å². The van der Waals surface area contributed by atoms with Crippen molar-refractivity contribution in [1.82, 2.24) is 14.9 Å². The summed E-state index contributed by atoms with van der Waals surface area (Å²) in [6.45, 7) is 1.16. The van der Waals surface area contributed by atoms with Gasteiger partial charge in [-0.1, -0.05) is 35.5 Å². The van der Waals surface area contributed by atoms with E-state index in [-0.39, 0.29) is 11.7 Å². The van der Waals surface area contributed by atoms with Crippen LogP contribution in [0.4, 0.5) is 4.39 Å². The first kappa shape index (κ1) is 17.1. The summed E-state index contributed by atoms with van der Waals surface area (Å²) in [5.41, 5.74) is 2.95. The van der Waals surface area contributed by atoms with E-state index in [1.54, 1.807) is 48.2 Å². The van der Waals surface area contributed by atoms with Crippen molar-refractivity contribution in [2.24, 2.45) is 0 Å². The maximum absolute atomic E-state index is 13.2. The zero-order valence-corrected chi connectivity index (χ0v) is 15.3. The Bertz CT molecular complexity index is 971. The fraction of sp³-hybridized carbons (Fsp3) is 0.158. The maximum atomic E-state index is 13.2. The minimum Gasteiger partial charge on any atom is -0.346 e. The number of amides is 1. The number of carbonyl (C=O) groups excluding carboxylic acids is 1. The van der Waals surface area contributed by atoms with Gasteiger partial charge in [0, 0.05) is 17.9 Å². The minimum atomic E-state index is -0.288. The smallest absolute Gasteiger partial charge is 0.253 e. The van der Waals surface area contributed by atoms with Crippen molar-refractivity contribution < 1.29 is 9.18 Å². The van der Waals surface area contributed by atoms with Crippen molar-refractivity contribution in [2.75, 3.05) is 5.75 Å². The molecule has 0 saturated carbocycles. The van der Waals surface area contributed by atoms with Gasteiger partial charge in [0.1, 0.15) is 5.82 Å². The Balaban J connectivity index is 1.63. The van der Waals surface area contributed by atoms with E-state index in [9.17, 15) is 9.18 Å². The van der Waals surface area contributed by atoms with Crippen LogP contribution >= 0.6 is 23.4 Å². The lowest BCUT2D eigenvalue weighted by atomic mass is 10.1. The van der Waals surface area contributed by atoms with E-state index in [0.29, 0.717) is 17.1 Å². The van der Waals surface area contributed by atoms with E-state index in [1.807, 2.05) is 0 Å². The van der Waals surface area contributed by atoms with Crippen molar-refractivity contribution in [3.8, 4) is 11.3 Å². The monoisotopic (exact) mass is 387 g/mol. The molecule has 1 N–H and O–H groups in total. The van der Waals surface area contributed by atoms with Crippen molar-refractivity contribution in [2.45, 2.75) is 18.2 Å². The molecule has 26 heavy (non-hydrogen) atoms. The average Bonchev–Trinajstić information content (AvgIpc) is 3.22. The summed E-state index contributed by atoms with van der Waals surface area (Å²) in [5, 5.41) is 4.26. The molecule has 1 aliphatic heterocycles. The molecule has 0 saturated heterocycles. The first-order valence-corrected chi connectivity index (χ1v) is 9.50. The molecule has 3 aromatic rings. The standard InChI is InChI=1S/C19H15ClFN3OS/c20-15-4-2-1-3-14(15)18(25)22-11-16-17(12-5-7-13(21)8-6-12)23-19-24(16)9-10-26-19/h1-8H,9-11H2,(H,22,25). The number of fused-ring (bicyclic) bond motifs is 1. The molecular formula is C19H15ClFN3OS. The highest BCUT2D eigenvalue weighted by molar-refractivity contribution is 7.99. The molecule has 0 aliphatic carbocycles. The van der Waals surface area contributed by atoms with Crippen molar-refractivity contribution in [1.29, 1.82) is 0 Å². The van der Waals surface area contributed by atoms with Crippen LogP contribution in [0.3, 0.4) is 0 Å². The number of nitrogens with zero attached hydrogens (tertiary/aromatic N) is 2. The molecule has 0 spiro atoms. The molecule has 1 aliphatic rings. The SMILES string of the molecule is O=C(NCc1c(-c2ccc(F)cc2)nc2n1CCS2)c1ccccc1Cl. The number of carbonyl (C=O) groups is 1. The Morgan fingerprint density at radius 3 is 2.77 bits per heavy atom. The van der Waals surface area contributed by atoms with Gasteiger partial charge in [0.05, 0.1) is 28.5 Å². The van der Waals surface area contributed by atoms with Crippen LogP contribution in [0.2, 0.25) is 5.02 Å². The predicted octanol–water partition coefficient (Wildman–Crippen LogP) is 4.38. The highest BCUT2D eigenvalue weighted by Crippen LogP contribution is 2.33. The highest BCUT2D eigenvalue weighted by Gasteiger charge is 2.23. The number of imidazole rings is 1. The Labute approximate surface area is 159 Å². The van der Waals surface area contributed by atoms with Gasteiger partial charge >= 0.3 is 0 Å². The zero-order valence-electron chi connectivity index (χ0n) is 13.7. The molecular weight excluding hydrogens is 373 g/mol. The maximum Gasteiger partial charge on any atom is 0.253 e. The number of benzene rings is 2. The van der Waals surface area contributed by atoms with E-state index in [1.165, 1.54) is 12.1 Å². The molecule has 132 valence electrons. The molecule has 7 heteroatoms. The second-order valence-corrected chi connectivity index (χ2v) is 7.33. The molecule has 0 unspecified atom stereocenters. The molecule has 0 atom stereocenters. The molecule has 0 radical (unpaired) electrons. The third-order valence-corrected chi connectivity index (χ3v) is 5.52. The van der Waals surface area contributed by atoms with Gasteiger partial charge in [0.2, 0.25) is 0 Å². The number of aromatic nitrogens is 2. The second-order valence-electron chi connectivity index (χ2n) is 5.86. The summed E-state index contributed by atoms with van der Waals surface area (Å²) in [6.07, 6.45) is 0. The number of thioether (sulfide) groups is 1. The topological polar surface area (TPSA) is 46.9 Å². The lowest BCUT2D eigenvalue weighted by Crippen LogP contribution is -2.24. The lowest BCUT2D eigenvalue weighted by Gasteiger charge is -2.10. The minimum absolute atomic E-state index is 0.234. The van der Waals surface area contributed by atoms with Crippen LogP contribution in [0.5, 0.6) is 0 Å². The Morgan fingerprint density at radius 2 is 2.00 bits per heavy atom. The van der Waals surface area contributed by atoms with Gasteiger partial charge in [-0.25, -0.2) is 9.37 Å². The van der Waals surface area contributed by atoms with E-state index in [4.69, 9.17) is 11.6 Å². The fourth-order valence-electron chi connectivity index (χ4n) is 2.96. The summed E-state index contributed by atoms with van der Waals surface area (Å²) in [5.74, 6) is 0.433. The van der Waals surface area contributed by atoms with Crippen LogP contribution in [0.15, 0.2) is 53.7 Å². The molecule has 1 aromatic heterocycles. The third kappa shape index (κ3) is 3.22. The van der Waals surface area contributed by atoms with Crippen LogP contribution in [-0.2, 0) is 13.1 Å². The lowest BCUT2D eigenvalue weighted by molar-refractivity contribution is 0.0950. The van der Waals surface area contributed by atoms with E-state index in [0.717, 1.165) is 34.4 Å².